The molecule has 0 spiro atoms. The maximum Gasteiger partial charge on any atom is 0.104 e. The van der Waals surface area contributed by atoms with E-state index in [1.165, 1.54) is 0 Å². The summed E-state index contributed by atoms with van der Waals surface area (Å²) in [6, 6.07) is 0. The summed E-state index contributed by atoms with van der Waals surface area (Å²) in [5.41, 5.74) is 0. The zero-order chi connectivity index (χ0) is 4.83. The Bertz CT molecular complexity index is 59.4. The van der Waals surface area contributed by atoms with E-state index in [0.29, 0.717) is 0 Å². The first kappa shape index (κ1) is 5.48. The Kier molecular flexibility index (Phi) is 4.09. The minimum Gasteiger partial charge on any atom is -0.384 e. The second kappa shape index (κ2) is 4.48. The van der Waals surface area contributed by atoms with Crippen LogP contribution in [0.25, 0.3) is 0 Å². The maximum atomic E-state index is 7.91. The fraction of sp³-hybridized carbons (Fsp3) is 0.500. The van der Waals surface area contributed by atoms with Crippen LogP contribution in [0.15, 0.2) is 0 Å². The van der Waals surface area contributed by atoms with Crippen molar-refractivity contribution in [3.63, 3.8) is 0 Å². The zero-order valence-electron chi connectivity index (χ0n) is 3.31. The summed E-state index contributed by atoms with van der Waals surface area (Å²) in [5.74, 6) is 4.51. The third-order valence-corrected chi connectivity index (χ3v) is 0.283. The zero-order valence-corrected chi connectivity index (χ0v) is 3.31. The van der Waals surface area contributed by atoms with Crippen molar-refractivity contribution in [1.29, 1.82) is 0 Å². The molecule has 0 amide bonds. The van der Waals surface area contributed by atoms with Gasteiger partial charge in [0.15, 0.2) is 0 Å². The Labute approximate surface area is 36.4 Å². The first-order chi connectivity index (χ1) is 2.91. The highest BCUT2D eigenvalue weighted by Crippen LogP contribution is 1.48. The second-order valence-corrected chi connectivity index (χ2v) is 0.670. The van der Waals surface area contributed by atoms with Gasteiger partial charge in [-0.2, -0.15) is 0 Å². The molecule has 0 fully saturated rings. The lowest BCUT2D eigenvalue weighted by atomic mass is 11.6. The molecule has 0 aliphatic heterocycles. The van der Waals surface area contributed by atoms with Gasteiger partial charge in [-0.25, -0.2) is 0 Å². The summed E-state index contributed by atoms with van der Waals surface area (Å²) < 4.78 is 0. The lowest BCUT2D eigenvalue weighted by Crippen LogP contribution is -1.74. The van der Waals surface area contributed by atoms with E-state index in [4.69, 9.17) is 10.2 Å². The van der Waals surface area contributed by atoms with Crippen LogP contribution in [0.2, 0.25) is 0 Å². The van der Waals surface area contributed by atoms with Crippen molar-refractivity contribution in [2.45, 2.75) is 0 Å². The van der Waals surface area contributed by atoms with Gasteiger partial charge in [0.05, 0.1) is 0 Å². The molecule has 2 heteroatoms. The summed E-state index contributed by atoms with van der Waals surface area (Å²) in [4.78, 5) is 0. The number of rotatable bonds is 0. The van der Waals surface area contributed by atoms with Gasteiger partial charge >= 0.3 is 0 Å². The van der Waals surface area contributed by atoms with E-state index in [1.54, 1.807) is 0 Å². The van der Waals surface area contributed by atoms with Crippen LogP contribution in [0.3, 0.4) is 0 Å². The topological polar surface area (TPSA) is 40.5 Å². The largest absolute Gasteiger partial charge is 0.384 e. The Morgan fingerprint density at radius 1 is 1.00 bits per heavy atom. The smallest absolute Gasteiger partial charge is 0.104 e. The average Bonchev–Trinajstić information content (AvgIpc) is 1.61. The van der Waals surface area contributed by atoms with E-state index < -0.39 is 0 Å². The Balaban J connectivity index is 2.90. The first-order valence-corrected chi connectivity index (χ1v) is 1.59. The molecule has 2 N–H and O–H groups in total. The van der Waals surface area contributed by atoms with Gasteiger partial charge in [0.2, 0.25) is 0 Å². The Hall–Kier alpha value is -0.520. The first-order valence-electron chi connectivity index (χ1n) is 1.59. The predicted octanol–water partition coefficient (Wildman–Crippen LogP) is -1.03. The van der Waals surface area contributed by atoms with E-state index in [9.17, 15) is 0 Å². The molecule has 0 rings (SSSR count). The van der Waals surface area contributed by atoms with Gasteiger partial charge in [-0.1, -0.05) is 11.8 Å². The van der Waals surface area contributed by atoms with Gasteiger partial charge in [0, 0.05) is 0 Å². The average molecular weight is 90.1 g/mol. The van der Waals surface area contributed by atoms with Crippen molar-refractivity contribution < 1.29 is 10.2 Å². The molecule has 0 aromatic heterocycles. The Morgan fingerprint density at radius 3 is 1.50 bits per heavy atom. The summed E-state index contributed by atoms with van der Waals surface area (Å²) >= 11 is 0. The van der Waals surface area contributed by atoms with Crippen LogP contribution in [0.5, 0.6) is 0 Å². The summed E-state index contributed by atoms with van der Waals surface area (Å²) in [6.07, 6.45) is 0. The summed E-state index contributed by atoms with van der Waals surface area (Å²) in [7, 11) is 0. The fourth-order valence-electron chi connectivity index (χ4n) is 0.112. The molecule has 0 heterocycles. The molecule has 0 atom stereocenters. The number of aliphatic hydroxyl groups excluding tert-OH is 2. The normalized spacial score (nSPS) is 6.33. The highest BCUT2D eigenvalue weighted by atomic mass is 16.3. The second-order valence-electron chi connectivity index (χ2n) is 0.670. The lowest BCUT2D eigenvalue weighted by molar-refractivity contribution is 0.342. The quantitative estimate of drug-likeness (QED) is 0.295. The van der Waals surface area contributed by atoms with Gasteiger partial charge in [0.25, 0.3) is 0 Å². The van der Waals surface area contributed by atoms with Gasteiger partial charge in [-0.3, -0.25) is 0 Å². The molecule has 0 saturated carbocycles. The van der Waals surface area contributed by atoms with Crippen LogP contribution >= 0.6 is 0 Å². The van der Waals surface area contributed by atoms with Crippen LogP contribution in [0.1, 0.15) is 0 Å². The van der Waals surface area contributed by atoms with E-state index in [0.717, 1.165) is 0 Å². The third-order valence-electron chi connectivity index (χ3n) is 0.283. The van der Waals surface area contributed by atoms with Crippen molar-refractivity contribution in [2.24, 2.45) is 0 Å². The minimum atomic E-state index is -0.166. The summed E-state index contributed by atoms with van der Waals surface area (Å²) in [6.45, 7) is -0.332. The van der Waals surface area contributed by atoms with Crippen LogP contribution in [0.4, 0.5) is 0 Å². The minimum absolute atomic E-state index is 0.166. The molecule has 0 unspecified atom stereocenters. The molecule has 0 saturated heterocycles. The molecular formula is C4H6O2. The fourth-order valence-corrected chi connectivity index (χ4v) is 0.112. The molecule has 2 nitrogen and oxygen atoms in total. The van der Waals surface area contributed by atoms with E-state index in [-0.39, 0.29) is 13.2 Å². The SMILES string of the molecule is O[13CH2][13C]#[13C][13CH2]O. The highest BCUT2D eigenvalue weighted by Gasteiger charge is 1.57. The molecule has 0 aliphatic carbocycles. The van der Waals surface area contributed by atoms with Gasteiger partial charge < -0.3 is 10.2 Å². The monoisotopic (exact) mass is 90.1 g/mol. The molecule has 0 aromatic carbocycles. The molecule has 6 heavy (non-hydrogen) atoms. The standard InChI is InChI=1S/C4H6O2/c5-3-1-2-4-6/h5-6H,3-4H2/i1+1,2+1,3+1,4+1. The van der Waals surface area contributed by atoms with Crippen LogP contribution in [-0.4, -0.2) is 23.4 Å². The number of hydrogen-bond acceptors (Lipinski definition) is 2. The maximum absolute atomic E-state index is 7.91. The van der Waals surface area contributed by atoms with Crippen molar-refractivity contribution in [3.8, 4) is 11.8 Å². The van der Waals surface area contributed by atoms with Crippen molar-refractivity contribution >= 4 is 0 Å². The van der Waals surface area contributed by atoms with Crippen LogP contribution in [-0.2, 0) is 0 Å². The molecule has 0 radical (unpaired) electrons. The molecule has 34 valence electrons. The molecule has 0 aromatic rings. The van der Waals surface area contributed by atoms with Crippen LogP contribution in [0, 0.1) is 11.8 Å². The van der Waals surface area contributed by atoms with E-state index >= 15 is 0 Å². The van der Waals surface area contributed by atoms with Crippen molar-refractivity contribution in [1.82, 2.24) is 0 Å². The summed E-state index contributed by atoms with van der Waals surface area (Å²) in [5, 5.41) is 15.8. The van der Waals surface area contributed by atoms with Crippen molar-refractivity contribution in [2.75, 3.05) is 13.2 Å². The predicted molar refractivity (Wildman–Crippen MR) is 21.9 cm³/mol. The van der Waals surface area contributed by atoms with E-state index in [1.807, 2.05) is 0 Å². The highest BCUT2D eigenvalue weighted by molar-refractivity contribution is 4.97. The van der Waals surface area contributed by atoms with Crippen molar-refractivity contribution in [3.05, 3.63) is 0 Å². The van der Waals surface area contributed by atoms with Gasteiger partial charge in [0.1, 0.15) is 13.2 Å². The van der Waals surface area contributed by atoms with Gasteiger partial charge in [-0.05, 0) is 0 Å². The molecule has 0 bridgehead atoms. The molecule has 0 aliphatic rings. The Morgan fingerprint density at radius 2 is 1.33 bits per heavy atom. The van der Waals surface area contributed by atoms with Crippen LogP contribution < -0.4 is 0 Å². The number of aliphatic hydroxyl groups is 2. The lowest BCUT2D eigenvalue weighted by Gasteiger charge is -1.66. The third kappa shape index (κ3) is 3.48. The van der Waals surface area contributed by atoms with Gasteiger partial charge in [-0.15, -0.1) is 0 Å². The van der Waals surface area contributed by atoms with E-state index in [2.05, 4.69) is 11.8 Å². The molecular weight excluding hydrogens is 84.0 g/mol. The number of hydrogen-bond donors (Lipinski definition) is 2.